The minimum absolute atomic E-state index is 0.134. The Labute approximate surface area is 84.6 Å². The summed E-state index contributed by atoms with van der Waals surface area (Å²) >= 11 is 0. The van der Waals surface area contributed by atoms with Gasteiger partial charge in [-0.15, -0.1) is 0 Å². The van der Waals surface area contributed by atoms with Crippen LogP contribution < -0.4 is 5.32 Å². The predicted octanol–water partition coefficient (Wildman–Crippen LogP) is -0.157. The topological polar surface area (TPSA) is 41.6 Å². The zero-order valence-electron chi connectivity index (χ0n) is 8.66. The maximum Gasteiger partial charge on any atom is 0.251 e. The second kappa shape index (κ2) is 4.28. The number of likely N-dealkylation sites (tertiary alicyclic amines) is 1. The van der Waals surface area contributed by atoms with Crippen molar-refractivity contribution < 1.29 is 9.53 Å². The van der Waals surface area contributed by atoms with Gasteiger partial charge < -0.3 is 15.0 Å². The molecule has 0 radical (unpaired) electrons. The monoisotopic (exact) mass is 198 g/mol. The number of carbonyl (C=O) groups is 1. The molecule has 2 aliphatic heterocycles. The number of ether oxygens (including phenoxy) is 1. The lowest BCUT2D eigenvalue weighted by Gasteiger charge is -2.40. The van der Waals surface area contributed by atoms with Crippen LogP contribution >= 0.6 is 0 Å². The lowest BCUT2D eigenvalue weighted by atomic mass is 9.99. The summed E-state index contributed by atoms with van der Waals surface area (Å²) in [5.41, 5.74) is 0. The van der Waals surface area contributed by atoms with Crippen molar-refractivity contribution in [1.29, 1.82) is 0 Å². The van der Waals surface area contributed by atoms with Crippen LogP contribution in [0, 0.1) is 5.92 Å². The molecule has 2 saturated heterocycles. The van der Waals surface area contributed by atoms with Crippen molar-refractivity contribution in [2.45, 2.75) is 18.9 Å². The lowest BCUT2D eigenvalue weighted by molar-refractivity contribution is -0.147. The largest absolute Gasteiger partial charge is 0.368 e. The maximum atomic E-state index is 11.8. The minimum Gasteiger partial charge on any atom is -0.368 e. The third kappa shape index (κ3) is 1.91. The number of nitrogens with one attached hydrogen (secondary N) is 1. The Morgan fingerprint density at radius 2 is 2.36 bits per heavy atom. The Kier molecular flexibility index (Phi) is 3.03. The maximum absolute atomic E-state index is 11.8. The van der Waals surface area contributed by atoms with Crippen molar-refractivity contribution in [2.24, 2.45) is 5.92 Å². The quantitative estimate of drug-likeness (QED) is 0.685. The van der Waals surface area contributed by atoms with Gasteiger partial charge in [-0.05, 0) is 19.9 Å². The molecule has 2 rings (SSSR count). The number of amides is 1. The van der Waals surface area contributed by atoms with Crippen LogP contribution in [0.5, 0.6) is 0 Å². The molecular weight excluding hydrogens is 180 g/mol. The highest BCUT2D eigenvalue weighted by Crippen LogP contribution is 2.20. The van der Waals surface area contributed by atoms with Gasteiger partial charge in [-0.25, -0.2) is 0 Å². The molecule has 4 nitrogen and oxygen atoms in total. The van der Waals surface area contributed by atoms with Crippen LogP contribution in [0.3, 0.4) is 0 Å². The van der Waals surface area contributed by atoms with E-state index in [1.54, 1.807) is 0 Å². The molecule has 2 heterocycles. The Balaban J connectivity index is 1.73. The van der Waals surface area contributed by atoms with Gasteiger partial charge in [0.2, 0.25) is 0 Å². The summed E-state index contributed by atoms with van der Waals surface area (Å²) in [4.78, 5) is 13.7. The van der Waals surface area contributed by atoms with Crippen molar-refractivity contribution in [2.75, 3.05) is 33.3 Å². The lowest BCUT2D eigenvalue weighted by Crippen LogP contribution is -2.55. The first-order valence-corrected chi connectivity index (χ1v) is 5.36. The van der Waals surface area contributed by atoms with Crippen molar-refractivity contribution in [1.82, 2.24) is 10.2 Å². The molecule has 2 aliphatic rings. The normalized spacial score (nSPS) is 27.8. The van der Waals surface area contributed by atoms with E-state index in [9.17, 15) is 4.79 Å². The van der Waals surface area contributed by atoms with Crippen LogP contribution in [-0.4, -0.2) is 50.2 Å². The van der Waals surface area contributed by atoms with E-state index in [1.165, 1.54) is 0 Å². The second-order valence-electron chi connectivity index (χ2n) is 4.17. The minimum atomic E-state index is -0.134. The molecule has 0 spiro atoms. The van der Waals surface area contributed by atoms with Crippen LogP contribution in [0.4, 0.5) is 0 Å². The first kappa shape index (κ1) is 9.93. The Bertz CT molecular complexity index is 208. The van der Waals surface area contributed by atoms with Crippen molar-refractivity contribution in [3.8, 4) is 0 Å². The molecule has 1 amide bonds. The smallest absolute Gasteiger partial charge is 0.251 e. The molecule has 1 N–H and O–H groups in total. The fourth-order valence-corrected chi connectivity index (χ4v) is 2.14. The zero-order valence-corrected chi connectivity index (χ0v) is 8.66. The first-order valence-electron chi connectivity index (χ1n) is 5.36. The van der Waals surface area contributed by atoms with Gasteiger partial charge in [-0.3, -0.25) is 4.79 Å². The van der Waals surface area contributed by atoms with Crippen LogP contribution in [0.15, 0.2) is 0 Å². The van der Waals surface area contributed by atoms with Crippen LogP contribution in [0.25, 0.3) is 0 Å². The molecule has 0 aliphatic carbocycles. The van der Waals surface area contributed by atoms with E-state index < -0.39 is 0 Å². The predicted molar refractivity (Wildman–Crippen MR) is 53.0 cm³/mol. The SMILES string of the molecule is CNCC1CN(C(=O)C2CCCO2)C1. The van der Waals surface area contributed by atoms with E-state index in [0.29, 0.717) is 5.92 Å². The molecule has 1 unspecified atom stereocenters. The Morgan fingerprint density at radius 1 is 1.57 bits per heavy atom. The second-order valence-corrected chi connectivity index (χ2v) is 4.17. The average molecular weight is 198 g/mol. The fourth-order valence-electron chi connectivity index (χ4n) is 2.14. The van der Waals surface area contributed by atoms with Crippen molar-refractivity contribution in [3.63, 3.8) is 0 Å². The summed E-state index contributed by atoms with van der Waals surface area (Å²) in [5, 5.41) is 3.13. The summed E-state index contributed by atoms with van der Waals surface area (Å²) in [5.74, 6) is 0.847. The molecule has 0 aromatic rings. The van der Waals surface area contributed by atoms with Gasteiger partial charge in [-0.1, -0.05) is 0 Å². The van der Waals surface area contributed by atoms with Gasteiger partial charge >= 0.3 is 0 Å². The molecule has 0 aromatic carbocycles. The van der Waals surface area contributed by atoms with Gasteiger partial charge in [0.15, 0.2) is 0 Å². The van der Waals surface area contributed by atoms with Crippen LogP contribution in [0.2, 0.25) is 0 Å². The molecule has 4 heteroatoms. The summed E-state index contributed by atoms with van der Waals surface area (Å²) < 4.78 is 5.36. The van der Waals surface area contributed by atoms with E-state index in [2.05, 4.69) is 5.32 Å². The number of hydrogen-bond donors (Lipinski definition) is 1. The molecule has 2 fully saturated rings. The third-order valence-corrected chi connectivity index (χ3v) is 2.97. The number of nitrogens with zero attached hydrogens (tertiary/aromatic N) is 1. The van der Waals surface area contributed by atoms with Gasteiger partial charge in [0.1, 0.15) is 6.10 Å². The number of hydrogen-bond acceptors (Lipinski definition) is 3. The Morgan fingerprint density at radius 3 is 2.93 bits per heavy atom. The van der Waals surface area contributed by atoms with E-state index >= 15 is 0 Å². The van der Waals surface area contributed by atoms with E-state index in [0.717, 1.165) is 39.1 Å². The summed E-state index contributed by atoms with van der Waals surface area (Å²) in [6, 6.07) is 0. The molecule has 0 aromatic heterocycles. The number of rotatable bonds is 3. The van der Waals surface area contributed by atoms with Crippen molar-refractivity contribution in [3.05, 3.63) is 0 Å². The molecular formula is C10H18N2O2. The molecule has 0 saturated carbocycles. The van der Waals surface area contributed by atoms with E-state index in [1.807, 2.05) is 11.9 Å². The van der Waals surface area contributed by atoms with Crippen molar-refractivity contribution >= 4 is 5.91 Å². The van der Waals surface area contributed by atoms with Gasteiger partial charge in [0.05, 0.1) is 0 Å². The molecule has 0 bridgehead atoms. The number of carbonyl (C=O) groups excluding carboxylic acids is 1. The third-order valence-electron chi connectivity index (χ3n) is 2.97. The van der Waals surface area contributed by atoms with Crippen LogP contribution in [-0.2, 0) is 9.53 Å². The molecule has 1 atom stereocenters. The zero-order chi connectivity index (χ0) is 9.97. The highest BCUT2D eigenvalue weighted by molar-refractivity contribution is 5.81. The highest BCUT2D eigenvalue weighted by atomic mass is 16.5. The van der Waals surface area contributed by atoms with Crippen LogP contribution in [0.1, 0.15) is 12.8 Å². The average Bonchev–Trinajstić information content (AvgIpc) is 2.62. The standard InChI is InChI=1S/C10H18N2O2/c1-11-5-8-6-12(7-8)10(13)9-3-2-4-14-9/h8-9,11H,2-7H2,1H3. The van der Waals surface area contributed by atoms with Gasteiger partial charge in [0, 0.05) is 32.2 Å². The first-order chi connectivity index (χ1) is 6.81. The van der Waals surface area contributed by atoms with E-state index in [-0.39, 0.29) is 12.0 Å². The fraction of sp³-hybridized carbons (Fsp3) is 0.900. The Hall–Kier alpha value is -0.610. The summed E-state index contributed by atoms with van der Waals surface area (Å²) in [6.45, 7) is 3.57. The molecule has 14 heavy (non-hydrogen) atoms. The van der Waals surface area contributed by atoms with E-state index in [4.69, 9.17) is 4.74 Å². The van der Waals surface area contributed by atoms with Gasteiger partial charge in [0.25, 0.3) is 5.91 Å². The summed E-state index contributed by atoms with van der Waals surface area (Å²) in [7, 11) is 1.95. The molecule has 80 valence electrons. The van der Waals surface area contributed by atoms with Gasteiger partial charge in [-0.2, -0.15) is 0 Å². The summed E-state index contributed by atoms with van der Waals surface area (Å²) in [6.07, 6.45) is 1.81. The highest BCUT2D eigenvalue weighted by Gasteiger charge is 2.35.